The van der Waals surface area contributed by atoms with E-state index in [2.05, 4.69) is 15.2 Å². The van der Waals surface area contributed by atoms with Crippen molar-refractivity contribution in [2.45, 2.75) is 18.2 Å². The van der Waals surface area contributed by atoms with Crippen molar-refractivity contribution in [2.75, 3.05) is 24.2 Å². The number of aromatic amines is 1. The van der Waals surface area contributed by atoms with E-state index in [0.29, 0.717) is 11.8 Å². The molecule has 16 heavy (non-hydrogen) atoms. The van der Waals surface area contributed by atoms with Gasteiger partial charge in [-0.15, -0.1) is 5.10 Å². The highest BCUT2D eigenvalue weighted by molar-refractivity contribution is 7.89. The van der Waals surface area contributed by atoms with Crippen LogP contribution in [-0.4, -0.2) is 49.0 Å². The van der Waals surface area contributed by atoms with E-state index in [1.807, 2.05) is 4.90 Å². The summed E-state index contributed by atoms with van der Waals surface area (Å²) in [5.74, 6) is 0.796. The highest BCUT2D eigenvalue weighted by atomic mass is 32.2. The number of nitrogens with one attached hydrogen (secondary N) is 1. The first kappa shape index (κ1) is 11.3. The van der Waals surface area contributed by atoms with Crippen LogP contribution < -0.4 is 10.6 Å². The van der Waals surface area contributed by atoms with Crippen molar-refractivity contribution in [1.82, 2.24) is 15.2 Å². The Labute approximate surface area is 94.0 Å². The van der Waals surface area contributed by atoms with E-state index < -0.39 is 9.84 Å². The van der Waals surface area contributed by atoms with Crippen molar-refractivity contribution in [3.63, 3.8) is 0 Å². The molecule has 1 aliphatic rings. The molecule has 0 aromatic carbocycles. The molecule has 1 atom stereocenters. The van der Waals surface area contributed by atoms with E-state index in [1.54, 1.807) is 0 Å². The largest absolute Gasteiger partial charge is 0.338 e. The second-order valence-electron chi connectivity index (χ2n) is 4.15. The van der Waals surface area contributed by atoms with Crippen LogP contribution in [0.5, 0.6) is 0 Å². The lowest BCUT2D eigenvalue weighted by Gasteiger charge is -2.11. The summed E-state index contributed by atoms with van der Waals surface area (Å²) in [5, 5.41) is 6.62. The first-order chi connectivity index (χ1) is 7.44. The number of rotatable bonds is 3. The van der Waals surface area contributed by atoms with E-state index in [1.165, 1.54) is 6.26 Å². The molecule has 8 heteroatoms. The van der Waals surface area contributed by atoms with Crippen LogP contribution in [0.15, 0.2) is 0 Å². The van der Waals surface area contributed by atoms with E-state index in [0.717, 1.165) is 19.5 Å². The van der Waals surface area contributed by atoms with Crippen LogP contribution in [0.2, 0.25) is 0 Å². The fraction of sp³-hybridized carbons (Fsp3) is 0.750. The van der Waals surface area contributed by atoms with Gasteiger partial charge in [0.25, 0.3) is 0 Å². The summed E-state index contributed by atoms with van der Waals surface area (Å²) in [6, 6.07) is 0.150. The number of aromatic nitrogens is 3. The minimum Gasteiger partial charge on any atom is -0.338 e. The normalized spacial score (nSPS) is 21.6. The van der Waals surface area contributed by atoms with Crippen molar-refractivity contribution in [2.24, 2.45) is 5.73 Å². The Morgan fingerprint density at radius 2 is 2.38 bits per heavy atom. The predicted octanol–water partition coefficient (Wildman–Crippen LogP) is -1.11. The standard InChI is InChI=1S/C8H15N5O2S/c1-16(14,15)5-7-10-8(12-11-7)13-3-2-6(9)4-13/h6H,2-5,9H2,1H3,(H,10,11,12). The average molecular weight is 245 g/mol. The van der Waals surface area contributed by atoms with Crippen LogP contribution in [0, 0.1) is 0 Å². The van der Waals surface area contributed by atoms with Gasteiger partial charge < -0.3 is 10.6 Å². The molecular formula is C8H15N5O2S. The van der Waals surface area contributed by atoms with Gasteiger partial charge in [-0.3, -0.25) is 5.10 Å². The average Bonchev–Trinajstić information content (AvgIpc) is 2.71. The maximum absolute atomic E-state index is 11.1. The fourth-order valence-electron chi connectivity index (χ4n) is 1.71. The molecular weight excluding hydrogens is 230 g/mol. The smallest absolute Gasteiger partial charge is 0.244 e. The Hall–Kier alpha value is -1.15. The third kappa shape index (κ3) is 2.70. The lowest BCUT2D eigenvalue weighted by atomic mass is 10.3. The number of nitrogens with zero attached hydrogens (tertiary/aromatic N) is 3. The third-order valence-corrected chi connectivity index (χ3v) is 3.22. The molecule has 1 aliphatic heterocycles. The Kier molecular flexibility index (Phi) is 2.85. The molecule has 1 saturated heterocycles. The highest BCUT2D eigenvalue weighted by Gasteiger charge is 2.22. The summed E-state index contributed by atoms with van der Waals surface area (Å²) < 4.78 is 22.1. The number of sulfone groups is 1. The van der Waals surface area contributed by atoms with Gasteiger partial charge in [-0.25, -0.2) is 8.42 Å². The van der Waals surface area contributed by atoms with Crippen molar-refractivity contribution < 1.29 is 8.42 Å². The van der Waals surface area contributed by atoms with E-state index >= 15 is 0 Å². The summed E-state index contributed by atoms with van der Waals surface area (Å²) in [7, 11) is -3.08. The molecule has 0 aliphatic carbocycles. The molecule has 0 bridgehead atoms. The van der Waals surface area contributed by atoms with Crippen LogP contribution >= 0.6 is 0 Å². The quantitative estimate of drug-likeness (QED) is 0.699. The zero-order chi connectivity index (χ0) is 11.8. The molecule has 1 aromatic rings. The lowest BCUT2D eigenvalue weighted by Crippen LogP contribution is -2.27. The van der Waals surface area contributed by atoms with Gasteiger partial charge in [0.05, 0.1) is 0 Å². The van der Waals surface area contributed by atoms with Crippen LogP contribution in [0.1, 0.15) is 12.2 Å². The molecule has 2 heterocycles. The van der Waals surface area contributed by atoms with Gasteiger partial charge >= 0.3 is 0 Å². The summed E-state index contributed by atoms with van der Waals surface area (Å²) >= 11 is 0. The predicted molar refractivity (Wildman–Crippen MR) is 59.7 cm³/mol. The van der Waals surface area contributed by atoms with E-state index in [4.69, 9.17) is 5.73 Å². The molecule has 3 N–H and O–H groups in total. The summed E-state index contributed by atoms with van der Waals surface area (Å²) in [4.78, 5) is 6.09. The molecule has 90 valence electrons. The van der Waals surface area contributed by atoms with E-state index in [9.17, 15) is 8.42 Å². The molecule has 0 saturated carbocycles. The maximum Gasteiger partial charge on any atom is 0.244 e. The molecule has 1 fully saturated rings. The van der Waals surface area contributed by atoms with Gasteiger partial charge in [0.1, 0.15) is 11.6 Å². The first-order valence-corrected chi connectivity index (χ1v) is 7.09. The van der Waals surface area contributed by atoms with Crippen molar-refractivity contribution in [3.8, 4) is 0 Å². The van der Waals surface area contributed by atoms with Gasteiger partial charge in [-0.1, -0.05) is 0 Å². The summed E-state index contributed by atoms with van der Waals surface area (Å²) in [6.45, 7) is 1.54. The van der Waals surface area contributed by atoms with Crippen molar-refractivity contribution in [1.29, 1.82) is 0 Å². The number of anilines is 1. The molecule has 1 aromatic heterocycles. The Morgan fingerprint density at radius 1 is 1.62 bits per heavy atom. The van der Waals surface area contributed by atoms with E-state index in [-0.39, 0.29) is 11.8 Å². The molecule has 0 amide bonds. The van der Waals surface area contributed by atoms with Gasteiger partial charge in [0.2, 0.25) is 5.95 Å². The maximum atomic E-state index is 11.1. The first-order valence-electron chi connectivity index (χ1n) is 5.03. The second kappa shape index (κ2) is 4.02. The zero-order valence-electron chi connectivity index (χ0n) is 9.05. The minimum absolute atomic E-state index is 0.111. The SMILES string of the molecule is CS(=O)(=O)Cc1nc(N2CCC(N)C2)n[nH]1. The Balaban J connectivity index is 2.08. The number of hydrogen-bond acceptors (Lipinski definition) is 6. The van der Waals surface area contributed by atoms with Crippen LogP contribution in [0.4, 0.5) is 5.95 Å². The van der Waals surface area contributed by atoms with Crippen LogP contribution in [0.25, 0.3) is 0 Å². The Bertz CT molecular complexity index is 469. The third-order valence-electron chi connectivity index (χ3n) is 2.43. The monoisotopic (exact) mass is 245 g/mol. The van der Waals surface area contributed by atoms with Crippen LogP contribution in [-0.2, 0) is 15.6 Å². The molecule has 2 rings (SSSR count). The summed E-state index contributed by atoms with van der Waals surface area (Å²) in [5.41, 5.74) is 5.77. The fourth-order valence-corrected chi connectivity index (χ4v) is 2.33. The zero-order valence-corrected chi connectivity index (χ0v) is 9.87. The van der Waals surface area contributed by atoms with Gasteiger partial charge in [0, 0.05) is 25.4 Å². The van der Waals surface area contributed by atoms with Gasteiger partial charge in [-0.2, -0.15) is 4.98 Å². The number of nitrogens with two attached hydrogens (primary N) is 1. The van der Waals surface area contributed by atoms with Gasteiger partial charge in [0.15, 0.2) is 9.84 Å². The van der Waals surface area contributed by atoms with Crippen molar-refractivity contribution >= 4 is 15.8 Å². The minimum atomic E-state index is -3.08. The van der Waals surface area contributed by atoms with Crippen molar-refractivity contribution in [3.05, 3.63) is 5.82 Å². The topological polar surface area (TPSA) is 105 Å². The highest BCUT2D eigenvalue weighted by Crippen LogP contribution is 2.15. The summed E-state index contributed by atoms with van der Waals surface area (Å²) in [6.07, 6.45) is 2.08. The molecule has 0 spiro atoms. The Morgan fingerprint density at radius 3 is 2.94 bits per heavy atom. The van der Waals surface area contributed by atoms with Gasteiger partial charge in [-0.05, 0) is 6.42 Å². The number of H-pyrrole nitrogens is 1. The molecule has 7 nitrogen and oxygen atoms in total. The lowest BCUT2D eigenvalue weighted by molar-refractivity contribution is 0.599. The number of hydrogen-bond donors (Lipinski definition) is 2. The molecule has 0 radical (unpaired) electrons. The molecule has 1 unspecified atom stereocenters. The second-order valence-corrected chi connectivity index (χ2v) is 6.29. The van der Waals surface area contributed by atoms with Crippen LogP contribution in [0.3, 0.4) is 0 Å².